The molecule has 0 aliphatic rings. The average molecular weight is 425 g/mol. The van der Waals surface area contributed by atoms with Crippen molar-refractivity contribution >= 4 is 27.0 Å². The first-order chi connectivity index (χ1) is 12.1. The number of hydrogen-bond donors (Lipinski definition) is 3. The molecule has 0 aliphatic heterocycles. The summed E-state index contributed by atoms with van der Waals surface area (Å²) in [6.45, 7) is 0.0727. The molecular weight excluding hydrogens is 400 g/mol. The average Bonchev–Trinajstić information content (AvgIpc) is 2.54. The van der Waals surface area contributed by atoms with Crippen LogP contribution in [0.2, 0.25) is 0 Å². The van der Waals surface area contributed by atoms with E-state index in [-0.39, 0.29) is 6.54 Å². The number of ether oxygens (including phenoxy) is 1. The first-order valence-corrected chi connectivity index (χ1v) is 12.6. The van der Waals surface area contributed by atoms with Crippen LogP contribution < -0.4 is 19.8 Å². The molecule has 0 amide bonds. The molecule has 8 nitrogen and oxygen atoms in total. The zero-order chi connectivity index (χ0) is 19.6. The van der Waals surface area contributed by atoms with E-state index < -0.39 is 20.7 Å². The summed E-state index contributed by atoms with van der Waals surface area (Å²) in [5.41, 5.74) is -1.11. The van der Waals surface area contributed by atoms with E-state index in [1.807, 2.05) is 36.0 Å². The van der Waals surface area contributed by atoms with Crippen molar-refractivity contribution in [2.45, 2.75) is 37.0 Å². The maximum atomic E-state index is 10.9. The maximum absolute atomic E-state index is 10.9. The number of methoxy groups -OCH3 is 1. The molecule has 1 rings (SSSR count). The molecule has 0 heterocycles. The minimum Gasteiger partial charge on any atom is -0.777 e. The van der Waals surface area contributed by atoms with Gasteiger partial charge in [-0.25, -0.2) is 0 Å². The number of thioether (sulfide) groups is 1. The molecule has 150 valence electrons. The highest BCUT2D eigenvalue weighted by Gasteiger charge is 2.28. The van der Waals surface area contributed by atoms with Gasteiger partial charge in [-0.3, -0.25) is 5.32 Å². The van der Waals surface area contributed by atoms with Crippen molar-refractivity contribution in [3.63, 3.8) is 0 Å². The third-order valence-electron chi connectivity index (χ3n) is 3.59. The summed E-state index contributed by atoms with van der Waals surface area (Å²) in [7, 11) is -8.77. The zero-order valence-corrected chi connectivity index (χ0v) is 17.2. The van der Waals surface area contributed by atoms with E-state index in [0.717, 1.165) is 36.5 Å². The Hall–Kier alpha value is -0.370. The van der Waals surface area contributed by atoms with Gasteiger partial charge in [0.05, 0.1) is 7.11 Å². The van der Waals surface area contributed by atoms with E-state index in [2.05, 4.69) is 5.32 Å². The number of unbranched alkanes of at least 4 members (excludes halogenated alkanes) is 3. The van der Waals surface area contributed by atoms with Crippen LogP contribution in [-0.2, 0) is 14.9 Å². The molecule has 11 heteroatoms. The second kappa shape index (κ2) is 11.5. The number of rotatable bonds is 13. The Balaban J connectivity index is 2.10. The Morgan fingerprint density at radius 3 is 2.19 bits per heavy atom. The van der Waals surface area contributed by atoms with Gasteiger partial charge >= 0.3 is 0 Å². The molecule has 0 saturated carbocycles. The van der Waals surface area contributed by atoms with Crippen molar-refractivity contribution in [1.82, 2.24) is 5.32 Å². The molecule has 0 aliphatic carbocycles. The lowest BCUT2D eigenvalue weighted by atomic mass is 10.2. The fraction of sp³-hybridized carbons (Fsp3) is 0.600. The minimum absolute atomic E-state index is 0.0727. The van der Waals surface area contributed by atoms with Gasteiger partial charge < -0.3 is 33.4 Å². The van der Waals surface area contributed by atoms with E-state index in [1.165, 1.54) is 5.56 Å². The lowest BCUT2D eigenvalue weighted by Crippen LogP contribution is -2.36. The second-order valence-corrected chi connectivity index (χ2v) is 10.6. The fourth-order valence-corrected chi connectivity index (χ4v) is 5.42. The molecule has 1 aromatic carbocycles. The van der Waals surface area contributed by atoms with Gasteiger partial charge in [-0.15, -0.1) is 0 Å². The van der Waals surface area contributed by atoms with E-state index in [4.69, 9.17) is 14.5 Å². The van der Waals surface area contributed by atoms with Gasteiger partial charge in [-0.05, 0) is 42.8 Å². The van der Waals surface area contributed by atoms with E-state index in [1.54, 1.807) is 7.11 Å². The smallest absolute Gasteiger partial charge is 0.157 e. The first-order valence-electron chi connectivity index (χ1n) is 8.15. The van der Waals surface area contributed by atoms with Crippen LogP contribution >= 0.6 is 27.0 Å². The second-order valence-electron chi connectivity index (χ2n) is 5.77. The molecule has 26 heavy (non-hydrogen) atoms. The minimum atomic E-state index is -5.20. The van der Waals surface area contributed by atoms with Crippen LogP contribution in [0.1, 0.15) is 31.2 Å². The number of benzene rings is 1. The van der Waals surface area contributed by atoms with Crippen LogP contribution in [0, 0.1) is 0 Å². The van der Waals surface area contributed by atoms with Crippen molar-refractivity contribution in [3.05, 3.63) is 29.8 Å². The van der Waals surface area contributed by atoms with E-state index in [0.29, 0.717) is 6.42 Å². The highest BCUT2D eigenvalue weighted by atomic mass is 32.2. The van der Waals surface area contributed by atoms with Crippen LogP contribution in [-0.4, -0.2) is 34.7 Å². The van der Waals surface area contributed by atoms with Crippen molar-refractivity contribution in [1.29, 1.82) is 0 Å². The summed E-state index contributed by atoms with van der Waals surface area (Å²) in [6.07, 6.45) is 3.24. The molecule has 0 aromatic heterocycles. The van der Waals surface area contributed by atoms with Crippen molar-refractivity contribution in [2.75, 3.05) is 19.4 Å². The third-order valence-corrected chi connectivity index (χ3v) is 8.06. The molecular formula is C15H25NO7P2S-2. The number of hydrogen-bond acceptors (Lipinski definition) is 7. The highest BCUT2D eigenvalue weighted by Crippen LogP contribution is 2.53. The van der Waals surface area contributed by atoms with Gasteiger partial charge in [-0.2, -0.15) is 11.8 Å². The summed E-state index contributed by atoms with van der Waals surface area (Å²) in [6, 6.07) is 7.91. The predicted octanol–water partition coefficient (Wildman–Crippen LogP) is 1.45. The zero-order valence-electron chi connectivity index (χ0n) is 14.6. The summed E-state index contributed by atoms with van der Waals surface area (Å²) >= 11 is 1.82. The topological polar surface area (TPSA) is 142 Å². The van der Waals surface area contributed by atoms with Crippen LogP contribution in [0.5, 0.6) is 5.75 Å². The monoisotopic (exact) mass is 425 g/mol. The summed E-state index contributed by atoms with van der Waals surface area (Å²) < 4.78 is 27.0. The maximum Gasteiger partial charge on any atom is 0.157 e. The fourth-order valence-electron chi connectivity index (χ4n) is 2.24. The quantitative estimate of drug-likeness (QED) is 0.316. The predicted molar refractivity (Wildman–Crippen MR) is 99.1 cm³/mol. The Morgan fingerprint density at radius 2 is 1.65 bits per heavy atom. The van der Waals surface area contributed by atoms with Gasteiger partial charge in [0.25, 0.3) is 0 Å². The van der Waals surface area contributed by atoms with Gasteiger partial charge in [0, 0.05) is 5.75 Å². The largest absolute Gasteiger partial charge is 0.777 e. The Bertz CT molecular complexity index is 595. The van der Waals surface area contributed by atoms with Gasteiger partial charge in [0.2, 0.25) is 0 Å². The van der Waals surface area contributed by atoms with Gasteiger partial charge in [0.1, 0.15) is 11.3 Å². The molecule has 0 spiro atoms. The molecule has 1 aromatic rings. The lowest BCUT2D eigenvalue weighted by molar-refractivity contribution is -0.207. The lowest BCUT2D eigenvalue weighted by Gasteiger charge is -2.34. The summed E-state index contributed by atoms with van der Waals surface area (Å²) in [5.74, 6) is 2.73. The van der Waals surface area contributed by atoms with Gasteiger partial charge in [0.15, 0.2) is 15.2 Å². The Morgan fingerprint density at radius 1 is 1.08 bits per heavy atom. The molecule has 3 N–H and O–H groups in total. The molecule has 0 radical (unpaired) electrons. The molecule has 2 unspecified atom stereocenters. The number of nitrogens with one attached hydrogen (secondary N) is 1. The van der Waals surface area contributed by atoms with Crippen molar-refractivity contribution in [3.8, 4) is 5.75 Å². The molecule has 2 atom stereocenters. The Kier molecular flexibility index (Phi) is 10.4. The highest BCUT2D eigenvalue weighted by molar-refractivity contribution is 7.98. The Labute approximate surface area is 158 Å². The van der Waals surface area contributed by atoms with Crippen LogP contribution in [0.3, 0.4) is 0 Å². The SMILES string of the molecule is COc1ccc(CSCCCCCCNC(P(=O)([O-])O)P(=O)([O-])O)cc1. The standard InChI is InChI=1S/C15H27NO7P2S/c1-23-14-8-6-13(7-9-14)12-26-11-5-3-2-4-10-16-15(24(17,18)19)25(20,21)22/h6-9,15-16H,2-5,10-12H2,1H3,(H2,17,18,19)(H2,20,21,22)/p-2. The van der Waals surface area contributed by atoms with Crippen LogP contribution in [0.15, 0.2) is 24.3 Å². The summed E-state index contributed by atoms with van der Waals surface area (Å²) in [5, 5.41) is 2.17. The third kappa shape index (κ3) is 9.53. The molecule has 0 bridgehead atoms. The van der Waals surface area contributed by atoms with Crippen molar-refractivity contribution < 1.29 is 33.4 Å². The van der Waals surface area contributed by atoms with Crippen LogP contribution in [0.4, 0.5) is 0 Å². The first kappa shape index (κ1) is 23.7. The molecule has 0 saturated heterocycles. The van der Waals surface area contributed by atoms with Crippen molar-refractivity contribution in [2.24, 2.45) is 0 Å². The van der Waals surface area contributed by atoms with Crippen LogP contribution in [0.25, 0.3) is 0 Å². The van der Waals surface area contributed by atoms with E-state index >= 15 is 0 Å². The normalized spacial score (nSPS) is 17.3. The van der Waals surface area contributed by atoms with Gasteiger partial charge in [-0.1, -0.05) is 25.0 Å². The molecule has 0 fully saturated rings. The summed E-state index contributed by atoms with van der Waals surface area (Å²) in [4.78, 5) is 39.6. The van der Waals surface area contributed by atoms with E-state index in [9.17, 15) is 18.9 Å².